The first-order valence-electron chi connectivity index (χ1n) is 7.67. The first kappa shape index (κ1) is 17.0. The molecular weight excluding hydrogens is 314 g/mol. The van der Waals surface area contributed by atoms with Gasteiger partial charge in [0.05, 0.1) is 18.6 Å². The number of rotatable bonds is 8. The number of thiazole rings is 1. The largest absolute Gasteiger partial charge is 0.492 e. The maximum absolute atomic E-state index is 5.93. The van der Waals surface area contributed by atoms with Crippen molar-refractivity contribution < 1.29 is 9.47 Å². The molecule has 0 aliphatic rings. The van der Waals surface area contributed by atoms with Crippen molar-refractivity contribution in [3.05, 3.63) is 27.8 Å². The number of nitrogens with one attached hydrogen (secondary N) is 1. The average molecular weight is 338 g/mol. The summed E-state index contributed by atoms with van der Waals surface area (Å²) >= 11 is 6.80. The van der Waals surface area contributed by atoms with Gasteiger partial charge < -0.3 is 14.5 Å². The smallest absolute Gasteiger partial charge is 0.169 e. The Balaban J connectivity index is 2.20. The minimum atomic E-state index is 0.724. The van der Waals surface area contributed by atoms with Crippen molar-refractivity contribution in [1.82, 2.24) is 4.98 Å². The summed E-state index contributed by atoms with van der Waals surface area (Å²) in [6, 6.07) is 6.01. The van der Waals surface area contributed by atoms with E-state index in [-0.39, 0.29) is 0 Å². The Kier molecular flexibility index (Phi) is 6.46. The van der Waals surface area contributed by atoms with Crippen molar-refractivity contribution in [2.24, 2.45) is 0 Å². The molecule has 0 unspecified atom stereocenters. The molecule has 0 amide bonds. The van der Waals surface area contributed by atoms with Crippen LogP contribution in [0.2, 0.25) is 0 Å². The lowest BCUT2D eigenvalue weighted by molar-refractivity contribution is 0.285. The van der Waals surface area contributed by atoms with Gasteiger partial charge in [0, 0.05) is 11.3 Å². The summed E-state index contributed by atoms with van der Waals surface area (Å²) in [5, 5.41) is 0. The molecule has 1 aromatic heterocycles. The van der Waals surface area contributed by atoms with Crippen LogP contribution in [0.15, 0.2) is 18.2 Å². The second-order valence-corrected chi connectivity index (χ2v) is 6.90. The van der Waals surface area contributed by atoms with E-state index in [1.54, 1.807) is 18.4 Å². The number of aromatic nitrogens is 1. The third kappa shape index (κ3) is 4.11. The quantitative estimate of drug-likeness (QED) is 0.492. The first-order valence-corrected chi connectivity index (χ1v) is 8.89. The lowest BCUT2D eigenvalue weighted by Crippen LogP contribution is -2.00. The molecule has 2 aromatic rings. The topological polar surface area (TPSA) is 34.2 Å². The van der Waals surface area contributed by atoms with Gasteiger partial charge in [0.15, 0.2) is 15.5 Å². The molecule has 0 saturated heterocycles. The molecule has 5 heteroatoms. The van der Waals surface area contributed by atoms with E-state index < -0.39 is 0 Å². The summed E-state index contributed by atoms with van der Waals surface area (Å²) < 4.78 is 12.3. The summed E-state index contributed by atoms with van der Waals surface area (Å²) in [7, 11) is 1.68. The predicted molar refractivity (Wildman–Crippen MR) is 95.9 cm³/mol. The van der Waals surface area contributed by atoms with Crippen LogP contribution in [0.5, 0.6) is 11.5 Å². The maximum Gasteiger partial charge on any atom is 0.169 e. The summed E-state index contributed by atoms with van der Waals surface area (Å²) in [5.41, 5.74) is 2.09. The third-order valence-corrected chi connectivity index (χ3v) is 4.88. The van der Waals surface area contributed by atoms with Gasteiger partial charge in [0.2, 0.25) is 0 Å². The summed E-state index contributed by atoms with van der Waals surface area (Å²) in [4.78, 5) is 4.29. The highest BCUT2D eigenvalue weighted by Crippen LogP contribution is 2.41. The molecule has 0 saturated carbocycles. The van der Waals surface area contributed by atoms with E-state index in [2.05, 4.69) is 11.9 Å². The lowest BCUT2D eigenvalue weighted by atomic mass is 10.1. The van der Waals surface area contributed by atoms with Gasteiger partial charge in [-0.2, -0.15) is 0 Å². The van der Waals surface area contributed by atoms with Crippen molar-refractivity contribution in [2.75, 3.05) is 13.7 Å². The standard InChI is InChI=1S/C17H23NO2S2/c1-4-5-6-7-11-20-14-10-8-9-13(15(14)19-3)16-12(2)18-17(21)22-16/h8-10H,4-7,11H2,1-3H3,(H,18,21). The van der Waals surface area contributed by atoms with Gasteiger partial charge in [-0.25, -0.2) is 0 Å². The maximum atomic E-state index is 5.93. The van der Waals surface area contributed by atoms with Crippen molar-refractivity contribution in [2.45, 2.75) is 39.5 Å². The van der Waals surface area contributed by atoms with Crippen LogP contribution >= 0.6 is 23.6 Å². The Morgan fingerprint density at radius 3 is 2.68 bits per heavy atom. The molecule has 1 aromatic carbocycles. The van der Waals surface area contributed by atoms with Gasteiger partial charge in [-0.1, -0.05) is 32.3 Å². The van der Waals surface area contributed by atoms with E-state index in [0.29, 0.717) is 0 Å². The van der Waals surface area contributed by atoms with Gasteiger partial charge in [-0.15, -0.1) is 11.3 Å². The van der Waals surface area contributed by atoms with E-state index in [1.165, 1.54) is 19.3 Å². The number of H-pyrrole nitrogens is 1. The van der Waals surface area contributed by atoms with Gasteiger partial charge in [-0.05, 0) is 37.7 Å². The number of ether oxygens (including phenoxy) is 2. The van der Waals surface area contributed by atoms with Crippen molar-refractivity contribution in [3.63, 3.8) is 0 Å². The van der Waals surface area contributed by atoms with E-state index >= 15 is 0 Å². The highest BCUT2D eigenvalue weighted by molar-refractivity contribution is 7.73. The van der Waals surface area contributed by atoms with Crippen LogP contribution in [0.3, 0.4) is 0 Å². The summed E-state index contributed by atoms with van der Waals surface area (Å²) in [6.45, 7) is 4.96. The Hall–Kier alpha value is -1.33. The number of para-hydroxylation sites is 1. The molecule has 0 fully saturated rings. The Bertz CT molecular complexity index is 661. The van der Waals surface area contributed by atoms with E-state index in [4.69, 9.17) is 21.7 Å². The fourth-order valence-corrected chi connectivity index (χ4v) is 3.66. The second-order valence-electron chi connectivity index (χ2n) is 5.21. The van der Waals surface area contributed by atoms with Gasteiger partial charge in [-0.3, -0.25) is 0 Å². The molecule has 0 atom stereocenters. The van der Waals surface area contributed by atoms with Crippen LogP contribution in [0.1, 0.15) is 38.3 Å². The Labute approximate surface area is 141 Å². The number of unbranched alkanes of at least 4 members (excludes halogenated alkanes) is 3. The number of aromatic amines is 1. The molecule has 0 aliphatic carbocycles. The molecule has 1 heterocycles. The van der Waals surface area contributed by atoms with E-state index in [9.17, 15) is 0 Å². The van der Waals surface area contributed by atoms with Gasteiger partial charge in [0.25, 0.3) is 0 Å². The van der Waals surface area contributed by atoms with E-state index in [0.717, 1.165) is 44.6 Å². The number of methoxy groups -OCH3 is 1. The van der Waals surface area contributed by atoms with Crippen molar-refractivity contribution in [3.8, 4) is 21.9 Å². The molecule has 0 spiro atoms. The van der Waals surface area contributed by atoms with Crippen LogP contribution in [-0.4, -0.2) is 18.7 Å². The van der Waals surface area contributed by atoms with Gasteiger partial charge in [0.1, 0.15) is 0 Å². The molecule has 0 aliphatic heterocycles. The molecule has 120 valence electrons. The normalized spacial score (nSPS) is 10.7. The molecule has 0 bridgehead atoms. The van der Waals surface area contributed by atoms with Crippen LogP contribution in [0, 0.1) is 10.9 Å². The van der Waals surface area contributed by atoms with Crippen LogP contribution in [0.4, 0.5) is 0 Å². The van der Waals surface area contributed by atoms with Crippen molar-refractivity contribution >= 4 is 23.6 Å². The van der Waals surface area contributed by atoms with E-state index in [1.807, 2.05) is 25.1 Å². The average Bonchev–Trinajstić information content (AvgIpc) is 2.85. The molecule has 3 nitrogen and oxygen atoms in total. The number of hydrogen-bond donors (Lipinski definition) is 1. The summed E-state index contributed by atoms with van der Waals surface area (Å²) in [5.74, 6) is 1.58. The van der Waals surface area contributed by atoms with Crippen LogP contribution in [-0.2, 0) is 0 Å². The number of aryl methyl sites for hydroxylation is 1. The van der Waals surface area contributed by atoms with Crippen LogP contribution < -0.4 is 9.47 Å². The Morgan fingerprint density at radius 1 is 1.23 bits per heavy atom. The predicted octanol–water partition coefficient (Wildman–Crippen LogP) is 5.75. The SMILES string of the molecule is CCCCCCOc1cccc(-c2sc(=S)[nH]c2C)c1OC. The monoisotopic (exact) mass is 337 g/mol. The molecule has 1 N–H and O–H groups in total. The number of hydrogen-bond acceptors (Lipinski definition) is 4. The highest BCUT2D eigenvalue weighted by atomic mass is 32.1. The third-order valence-electron chi connectivity index (χ3n) is 3.51. The highest BCUT2D eigenvalue weighted by Gasteiger charge is 2.15. The first-order chi connectivity index (χ1) is 10.7. The summed E-state index contributed by atoms with van der Waals surface area (Å²) in [6.07, 6.45) is 4.77. The van der Waals surface area contributed by atoms with Crippen LogP contribution in [0.25, 0.3) is 10.4 Å². The zero-order chi connectivity index (χ0) is 15.9. The minimum absolute atomic E-state index is 0.724. The molecule has 0 radical (unpaired) electrons. The molecule has 22 heavy (non-hydrogen) atoms. The molecule has 2 rings (SSSR count). The number of benzene rings is 1. The molecular formula is C17H23NO2S2. The minimum Gasteiger partial charge on any atom is -0.492 e. The second kappa shape index (κ2) is 8.34. The lowest BCUT2D eigenvalue weighted by Gasteiger charge is -2.14. The Morgan fingerprint density at radius 2 is 2.05 bits per heavy atom. The van der Waals surface area contributed by atoms with Gasteiger partial charge >= 0.3 is 0 Å². The zero-order valence-corrected chi connectivity index (χ0v) is 15.0. The van der Waals surface area contributed by atoms with Crippen molar-refractivity contribution in [1.29, 1.82) is 0 Å². The fraction of sp³-hybridized carbons (Fsp3) is 0.471. The fourth-order valence-electron chi connectivity index (χ4n) is 2.39. The zero-order valence-electron chi connectivity index (χ0n) is 13.4.